The highest BCUT2D eigenvalue weighted by Gasteiger charge is 2.12. The molecule has 1 N–H and O–H groups in total. The Morgan fingerprint density at radius 1 is 1.38 bits per heavy atom. The molecule has 16 heavy (non-hydrogen) atoms. The minimum Gasteiger partial charge on any atom is -0.372 e. The number of anilines is 1. The summed E-state index contributed by atoms with van der Waals surface area (Å²) in [5.41, 5.74) is 1.52. The number of aromatic nitrogens is 1. The molecule has 0 bridgehead atoms. The molecule has 1 heterocycles. The molecule has 3 nitrogen and oxygen atoms in total. The summed E-state index contributed by atoms with van der Waals surface area (Å²) in [6.07, 6.45) is 2.33. The van der Waals surface area contributed by atoms with Gasteiger partial charge in [-0.05, 0) is 44.1 Å². The van der Waals surface area contributed by atoms with Crippen molar-refractivity contribution in [3.8, 4) is 6.07 Å². The van der Waals surface area contributed by atoms with E-state index in [0.29, 0.717) is 11.6 Å². The molecule has 0 amide bonds. The number of nitrogens with one attached hydrogen (secondary N) is 1. The van der Waals surface area contributed by atoms with E-state index in [2.05, 4.69) is 36.5 Å². The summed E-state index contributed by atoms with van der Waals surface area (Å²) in [6.45, 7) is 8.48. The van der Waals surface area contributed by atoms with Crippen molar-refractivity contribution < 1.29 is 0 Å². The lowest BCUT2D eigenvalue weighted by molar-refractivity contribution is 0.528. The Morgan fingerprint density at radius 3 is 2.62 bits per heavy atom. The van der Waals surface area contributed by atoms with Crippen LogP contribution in [0, 0.1) is 24.2 Å². The van der Waals surface area contributed by atoms with E-state index in [4.69, 9.17) is 5.26 Å². The van der Waals surface area contributed by atoms with E-state index in [9.17, 15) is 0 Å². The summed E-state index contributed by atoms with van der Waals surface area (Å²) in [7, 11) is 0. The van der Waals surface area contributed by atoms with Gasteiger partial charge in [-0.25, -0.2) is 0 Å². The Labute approximate surface area is 102 Å². The summed E-state index contributed by atoms with van der Waals surface area (Å²) in [5, 5.41) is 13.3. The van der Waals surface area contributed by atoms with Gasteiger partial charge in [-0.1, -0.05) is 13.8 Å². The van der Waals surface area contributed by atoms with E-state index < -0.39 is 0 Å². The third-order valence-electron chi connectivity index (χ3n) is 2.53. The lowest BCUT2D eigenvalue weighted by Crippen LogP contribution is -2.15. The van der Waals surface area contributed by atoms with Crippen LogP contribution in [0.1, 0.15) is 44.9 Å². The third kappa shape index (κ3) is 3.49. The number of nitriles is 1. The number of rotatable bonds is 5. The van der Waals surface area contributed by atoms with Gasteiger partial charge in [0.05, 0.1) is 5.69 Å². The van der Waals surface area contributed by atoms with Crippen LogP contribution in [0.3, 0.4) is 0 Å². The molecule has 1 atom stereocenters. The Balaban J connectivity index is 2.56. The van der Waals surface area contributed by atoms with Gasteiger partial charge in [0.2, 0.25) is 0 Å². The van der Waals surface area contributed by atoms with E-state index in [1.165, 1.54) is 18.0 Å². The first-order chi connectivity index (χ1) is 7.54. The van der Waals surface area contributed by atoms with Crippen molar-refractivity contribution in [2.75, 3.05) is 5.32 Å². The molecule has 0 saturated carbocycles. The van der Waals surface area contributed by atoms with Crippen LogP contribution in [-0.2, 0) is 0 Å². The summed E-state index contributed by atoms with van der Waals surface area (Å²) < 4.78 is 4.19. The van der Waals surface area contributed by atoms with E-state index in [-0.39, 0.29) is 0 Å². The maximum atomic E-state index is 9.00. The lowest BCUT2D eigenvalue weighted by Gasteiger charge is -2.14. The molecule has 1 rings (SSSR count). The molecule has 1 unspecified atom stereocenters. The van der Waals surface area contributed by atoms with Crippen LogP contribution in [0.2, 0.25) is 0 Å². The van der Waals surface area contributed by atoms with Crippen LogP contribution in [-0.4, -0.2) is 10.4 Å². The van der Waals surface area contributed by atoms with Gasteiger partial charge in [0, 0.05) is 6.04 Å². The molecule has 0 fully saturated rings. The lowest BCUT2D eigenvalue weighted by atomic mass is 10.0. The monoisotopic (exact) mass is 237 g/mol. The first-order valence-electron chi connectivity index (χ1n) is 5.67. The predicted molar refractivity (Wildman–Crippen MR) is 68.7 cm³/mol. The highest BCUT2D eigenvalue weighted by Crippen LogP contribution is 2.24. The first-order valence-corrected chi connectivity index (χ1v) is 6.44. The van der Waals surface area contributed by atoms with Crippen LogP contribution < -0.4 is 5.32 Å². The largest absolute Gasteiger partial charge is 0.372 e. The number of hydrogen-bond acceptors (Lipinski definition) is 4. The fraction of sp³-hybridized carbons (Fsp3) is 0.667. The molecule has 0 saturated heterocycles. The van der Waals surface area contributed by atoms with E-state index in [0.717, 1.165) is 23.0 Å². The van der Waals surface area contributed by atoms with Crippen molar-refractivity contribution in [3.63, 3.8) is 0 Å². The molecule has 0 aliphatic rings. The molecule has 0 radical (unpaired) electrons. The minimum atomic E-state index is 0.398. The summed E-state index contributed by atoms with van der Waals surface area (Å²) >= 11 is 1.38. The fourth-order valence-electron chi connectivity index (χ4n) is 1.48. The molecule has 0 spiro atoms. The summed E-state index contributed by atoms with van der Waals surface area (Å²) in [4.78, 5) is 0. The van der Waals surface area contributed by atoms with Gasteiger partial charge in [0.15, 0.2) is 0 Å². The van der Waals surface area contributed by atoms with Crippen LogP contribution in [0.15, 0.2) is 0 Å². The average Bonchev–Trinajstić information content (AvgIpc) is 2.56. The van der Waals surface area contributed by atoms with Gasteiger partial charge in [0.25, 0.3) is 0 Å². The average molecular weight is 237 g/mol. The second-order valence-corrected chi connectivity index (χ2v) is 5.37. The Kier molecular flexibility index (Phi) is 4.75. The Bertz CT molecular complexity index is 376. The zero-order valence-electron chi connectivity index (χ0n) is 10.4. The third-order valence-corrected chi connectivity index (χ3v) is 3.40. The molecule has 0 aliphatic heterocycles. The van der Waals surface area contributed by atoms with Crippen LogP contribution in [0.25, 0.3) is 0 Å². The maximum absolute atomic E-state index is 9.00. The van der Waals surface area contributed by atoms with Crippen molar-refractivity contribution in [1.29, 1.82) is 5.26 Å². The van der Waals surface area contributed by atoms with Crippen molar-refractivity contribution in [1.82, 2.24) is 4.37 Å². The smallest absolute Gasteiger partial charge is 0.127 e. The highest BCUT2D eigenvalue weighted by atomic mass is 32.1. The SMILES string of the molecule is Cc1nsc(NC(C)CCC(C)C)c1C#N. The van der Waals surface area contributed by atoms with Crippen molar-refractivity contribution in [2.24, 2.45) is 5.92 Å². The first kappa shape index (κ1) is 13.0. The van der Waals surface area contributed by atoms with Gasteiger partial charge >= 0.3 is 0 Å². The quantitative estimate of drug-likeness (QED) is 0.851. The summed E-state index contributed by atoms with van der Waals surface area (Å²) in [6, 6.07) is 2.60. The molecule has 4 heteroatoms. The fourth-order valence-corrected chi connectivity index (χ4v) is 2.34. The zero-order valence-corrected chi connectivity index (χ0v) is 11.2. The number of nitrogens with zero attached hydrogens (tertiary/aromatic N) is 2. The van der Waals surface area contributed by atoms with Crippen LogP contribution in [0.5, 0.6) is 0 Å². The molecule has 1 aromatic heterocycles. The topological polar surface area (TPSA) is 48.7 Å². The highest BCUT2D eigenvalue weighted by molar-refractivity contribution is 7.10. The van der Waals surface area contributed by atoms with Gasteiger partial charge in [-0.2, -0.15) is 9.64 Å². The normalized spacial score (nSPS) is 12.5. The standard InChI is InChI=1S/C12H19N3S/c1-8(2)5-6-9(3)14-12-11(7-13)10(4)15-16-12/h8-9,14H,5-6H2,1-4H3. The molecule has 1 aromatic rings. The van der Waals surface area contributed by atoms with Crippen molar-refractivity contribution in [3.05, 3.63) is 11.3 Å². The molecule has 0 aromatic carbocycles. The predicted octanol–water partition coefficient (Wildman–Crippen LogP) is 3.56. The van der Waals surface area contributed by atoms with E-state index >= 15 is 0 Å². The molecule has 0 aliphatic carbocycles. The molecular weight excluding hydrogens is 218 g/mol. The van der Waals surface area contributed by atoms with Gasteiger partial charge in [0.1, 0.15) is 16.6 Å². The van der Waals surface area contributed by atoms with Crippen LogP contribution in [0.4, 0.5) is 5.00 Å². The van der Waals surface area contributed by atoms with Gasteiger partial charge < -0.3 is 5.32 Å². The Morgan fingerprint density at radius 2 is 2.06 bits per heavy atom. The second-order valence-electron chi connectivity index (χ2n) is 4.60. The van der Waals surface area contributed by atoms with E-state index in [1.807, 2.05) is 6.92 Å². The second kappa shape index (κ2) is 5.86. The van der Waals surface area contributed by atoms with Gasteiger partial charge in [-0.3, -0.25) is 0 Å². The van der Waals surface area contributed by atoms with E-state index in [1.54, 1.807) is 0 Å². The minimum absolute atomic E-state index is 0.398. The van der Waals surface area contributed by atoms with Crippen molar-refractivity contribution >= 4 is 16.5 Å². The maximum Gasteiger partial charge on any atom is 0.127 e. The molecular formula is C12H19N3S. The van der Waals surface area contributed by atoms with Gasteiger partial charge in [-0.15, -0.1) is 0 Å². The molecule has 88 valence electrons. The van der Waals surface area contributed by atoms with Crippen LogP contribution >= 0.6 is 11.5 Å². The Hall–Kier alpha value is -1.08. The number of aryl methyl sites for hydroxylation is 1. The van der Waals surface area contributed by atoms with Crippen molar-refractivity contribution in [2.45, 2.75) is 46.6 Å². The zero-order chi connectivity index (χ0) is 12.1. The number of hydrogen-bond donors (Lipinski definition) is 1. The summed E-state index contributed by atoms with van der Waals surface area (Å²) in [5.74, 6) is 0.725.